The molecule has 3 heterocycles. The van der Waals surface area contributed by atoms with Gasteiger partial charge in [0.05, 0.1) is 19.2 Å². The SMILES string of the molecule is COc1ccnc(N[C@@H]2CC(=O)N(C)[C@H]2c2cccnc2)n1. The summed E-state index contributed by atoms with van der Waals surface area (Å²) in [5.74, 6) is 1.00. The number of amides is 1. The Hall–Kier alpha value is -2.70. The fourth-order valence-electron chi connectivity index (χ4n) is 2.70. The van der Waals surface area contributed by atoms with Gasteiger partial charge < -0.3 is 15.0 Å². The van der Waals surface area contributed by atoms with Gasteiger partial charge in [-0.1, -0.05) is 6.07 Å². The number of nitrogens with one attached hydrogen (secondary N) is 1. The highest BCUT2D eigenvalue weighted by Crippen LogP contribution is 2.33. The van der Waals surface area contributed by atoms with E-state index in [1.165, 1.54) is 0 Å². The van der Waals surface area contributed by atoms with Crippen molar-refractivity contribution in [2.75, 3.05) is 19.5 Å². The Labute approximate surface area is 128 Å². The largest absolute Gasteiger partial charge is 0.481 e. The first-order valence-corrected chi connectivity index (χ1v) is 6.98. The number of anilines is 1. The molecule has 3 rings (SSSR count). The van der Waals surface area contributed by atoms with Crippen molar-refractivity contribution in [3.63, 3.8) is 0 Å². The van der Waals surface area contributed by atoms with E-state index in [1.54, 1.807) is 43.7 Å². The molecule has 1 amide bonds. The summed E-state index contributed by atoms with van der Waals surface area (Å²) in [5, 5.41) is 3.23. The molecule has 0 unspecified atom stereocenters. The zero-order chi connectivity index (χ0) is 15.5. The van der Waals surface area contributed by atoms with Crippen LogP contribution in [-0.4, -0.2) is 46.0 Å². The van der Waals surface area contributed by atoms with Gasteiger partial charge in [0.1, 0.15) is 0 Å². The highest BCUT2D eigenvalue weighted by molar-refractivity contribution is 5.80. The number of hydrogen-bond acceptors (Lipinski definition) is 6. The van der Waals surface area contributed by atoms with Crippen LogP contribution in [0.5, 0.6) is 5.88 Å². The second kappa shape index (κ2) is 5.97. The molecule has 0 radical (unpaired) electrons. The summed E-state index contributed by atoms with van der Waals surface area (Å²) < 4.78 is 5.09. The van der Waals surface area contributed by atoms with Crippen molar-refractivity contribution in [2.24, 2.45) is 0 Å². The molecule has 1 fully saturated rings. The molecule has 2 aromatic rings. The van der Waals surface area contributed by atoms with Crippen molar-refractivity contribution in [2.45, 2.75) is 18.5 Å². The van der Waals surface area contributed by atoms with Crippen molar-refractivity contribution >= 4 is 11.9 Å². The van der Waals surface area contributed by atoms with Crippen molar-refractivity contribution < 1.29 is 9.53 Å². The number of carbonyl (C=O) groups is 1. The predicted octanol–water partition coefficient (Wildman–Crippen LogP) is 1.26. The average Bonchev–Trinajstić information content (AvgIpc) is 2.82. The van der Waals surface area contributed by atoms with E-state index < -0.39 is 0 Å². The molecule has 0 bridgehead atoms. The molecule has 0 aromatic carbocycles. The Kier molecular flexibility index (Phi) is 3.86. The first-order chi connectivity index (χ1) is 10.7. The lowest BCUT2D eigenvalue weighted by atomic mass is 10.0. The number of pyridine rings is 1. The minimum atomic E-state index is -0.117. The Bertz CT molecular complexity index is 664. The minimum absolute atomic E-state index is 0.0780. The standard InChI is InChI=1S/C15H17N5O2/c1-20-13(21)8-11(14(20)10-4-3-6-16-9-10)18-15-17-7-5-12(19-15)22-2/h3-7,9,11,14H,8H2,1-2H3,(H,17,18,19)/t11-,14+/m1/s1. The van der Waals surface area contributed by atoms with Gasteiger partial charge >= 0.3 is 0 Å². The van der Waals surface area contributed by atoms with Crippen molar-refractivity contribution in [1.82, 2.24) is 19.9 Å². The van der Waals surface area contributed by atoms with Crippen LogP contribution in [0.3, 0.4) is 0 Å². The van der Waals surface area contributed by atoms with E-state index in [1.807, 2.05) is 12.1 Å². The zero-order valence-corrected chi connectivity index (χ0v) is 12.4. The Balaban J connectivity index is 1.86. The first-order valence-electron chi connectivity index (χ1n) is 6.98. The van der Waals surface area contributed by atoms with Crippen molar-refractivity contribution in [1.29, 1.82) is 0 Å². The highest BCUT2D eigenvalue weighted by atomic mass is 16.5. The molecule has 1 saturated heterocycles. The van der Waals surface area contributed by atoms with E-state index in [0.29, 0.717) is 18.2 Å². The molecule has 2 aromatic heterocycles. The van der Waals surface area contributed by atoms with Crippen LogP contribution >= 0.6 is 0 Å². The van der Waals surface area contributed by atoms with E-state index >= 15 is 0 Å². The van der Waals surface area contributed by atoms with Gasteiger partial charge in [-0.25, -0.2) is 4.98 Å². The van der Waals surface area contributed by atoms with Gasteiger partial charge in [0.25, 0.3) is 0 Å². The minimum Gasteiger partial charge on any atom is -0.481 e. The summed E-state index contributed by atoms with van der Waals surface area (Å²) in [5.41, 5.74) is 0.983. The quantitative estimate of drug-likeness (QED) is 0.915. The van der Waals surface area contributed by atoms with E-state index in [2.05, 4.69) is 20.3 Å². The maximum absolute atomic E-state index is 12.1. The molecular weight excluding hydrogens is 282 g/mol. The maximum atomic E-state index is 12.1. The second-order valence-electron chi connectivity index (χ2n) is 5.11. The number of likely N-dealkylation sites (N-methyl/N-ethyl adjacent to an activating group) is 1. The third-order valence-electron chi connectivity index (χ3n) is 3.77. The maximum Gasteiger partial charge on any atom is 0.226 e. The van der Waals surface area contributed by atoms with E-state index in [4.69, 9.17) is 4.74 Å². The monoisotopic (exact) mass is 299 g/mol. The molecule has 2 atom stereocenters. The van der Waals surface area contributed by atoms with Crippen LogP contribution < -0.4 is 10.1 Å². The number of carbonyl (C=O) groups excluding carboxylic acids is 1. The van der Waals surface area contributed by atoms with Gasteiger partial charge in [-0.2, -0.15) is 4.98 Å². The van der Waals surface area contributed by atoms with Crippen LogP contribution in [0.4, 0.5) is 5.95 Å². The highest BCUT2D eigenvalue weighted by Gasteiger charge is 2.39. The Morgan fingerprint density at radius 3 is 2.95 bits per heavy atom. The molecule has 1 aliphatic rings. The zero-order valence-electron chi connectivity index (χ0n) is 12.4. The smallest absolute Gasteiger partial charge is 0.226 e. The number of methoxy groups -OCH3 is 1. The summed E-state index contributed by atoms with van der Waals surface area (Å²) in [6, 6.07) is 5.29. The van der Waals surface area contributed by atoms with Gasteiger partial charge in [0, 0.05) is 38.1 Å². The topological polar surface area (TPSA) is 80.2 Å². The number of hydrogen-bond donors (Lipinski definition) is 1. The molecule has 1 N–H and O–H groups in total. The van der Waals surface area contributed by atoms with Crippen molar-refractivity contribution in [3.05, 3.63) is 42.4 Å². The summed E-state index contributed by atoms with van der Waals surface area (Å²) >= 11 is 0. The molecule has 0 saturated carbocycles. The summed E-state index contributed by atoms with van der Waals surface area (Å²) in [6.07, 6.45) is 5.50. The fourth-order valence-corrected chi connectivity index (χ4v) is 2.70. The molecule has 0 aliphatic carbocycles. The molecule has 1 aliphatic heterocycles. The van der Waals surface area contributed by atoms with Crippen LogP contribution in [0.25, 0.3) is 0 Å². The van der Waals surface area contributed by atoms with Crippen LogP contribution in [0, 0.1) is 0 Å². The number of likely N-dealkylation sites (tertiary alicyclic amines) is 1. The van der Waals surface area contributed by atoms with Crippen LogP contribution in [-0.2, 0) is 4.79 Å². The first kappa shape index (κ1) is 14.2. The van der Waals surface area contributed by atoms with Crippen molar-refractivity contribution in [3.8, 4) is 5.88 Å². The summed E-state index contributed by atoms with van der Waals surface area (Å²) in [6.45, 7) is 0. The average molecular weight is 299 g/mol. The second-order valence-corrected chi connectivity index (χ2v) is 5.11. The number of ether oxygens (including phenoxy) is 1. The Morgan fingerprint density at radius 2 is 2.23 bits per heavy atom. The lowest BCUT2D eigenvalue weighted by Crippen LogP contribution is -2.30. The number of nitrogens with zero attached hydrogens (tertiary/aromatic N) is 4. The lowest BCUT2D eigenvalue weighted by molar-refractivity contribution is -0.127. The van der Waals surface area contributed by atoms with Gasteiger partial charge in [-0.15, -0.1) is 0 Å². The third-order valence-corrected chi connectivity index (χ3v) is 3.77. The van der Waals surface area contributed by atoms with Gasteiger partial charge in [-0.05, 0) is 11.6 Å². The van der Waals surface area contributed by atoms with Gasteiger partial charge in [0.15, 0.2) is 0 Å². The molecule has 7 nitrogen and oxygen atoms in total. The summed E-state index contributed by atoms with van der Waals surface area (Å²) in [4.78, 5) is 26.4. The molecule has 114 valence electrons. The van der Waals surface area contributed by atoms with Crippen LogP contribution in [0.2, 0.25) is 0 Å². The predicted molar refractivity (Wildman–Crippen MR) is 80.4 cm³/mol. The molecular formula is C15H17N5O2. The normalized spacial score (nSPS) is 21.0. The van der Waals surface area contributed by atoms with E-state index in [9.17, 15) is 4.79 Å². The van der Waals surface area contributed by atoms with Crippen LogP contribution in [0.1, 0.15) is 18.0 Å². The fraction of sp³-hybridized carbons (Fsp3) is 0.333. The molecule has 0 spiro atoms. The number of rotatable bonds is 4. The molecule has 7 heteroatoms. The molecule has 22 heavy (non-hydrogen) atoms. The van der Waals surface area contributed by atoms with Crippen LogP contribution in [0.15, 0.2) is 36.8 Å². The van der Waals surface area contributed by atoms with E-state index in [0.717, 1.165) is 5.56 Å². The third kappa shape index (κ3) is 2.69. The van der Waals surface area contributed by atoms with Gasteiger partial charge in [-0.3, -0.25) is 9.78 Å². The van der Waals surface area contributed by atoms with E-state index in [-0.39, 0.29) is 18.0 Å². The summed E-state index contributed by atoms with van der Waals surface area (Å²) in [7, 11) is 3.35. The number of aromatic nitrogens is 3. The van der Waals surface area contributed by atoms with Gasteiger partial charge in [0.2, 0.25) is 17.7 Å². The Morgan fingerprint density at radius 1 is 1.36 bits per heavy atom. The lowest BCUT2D eigenvalue weighted by Gasteiger charge is -2.25.